The van der Waals surface area contributed by atoms with E-state index in [9.17, 15) is 17.6 Å². The summed E-state index contributed by atoms with van der Waals surface area (Å²) in [4.78, 5) is 11.6. The van der Waals surface area contributed by atoms with E-state index in [-0.39, 0.29) is 24.5 Å². The van der Waals surface area contributed by atoms with E-state index in [1.54, 1.807) is 27.7 Å². The van der Waals surface area contributed by atoms with Crippen molar-refractivity contribution < 1.29 is 31.3 Å². The van der Waals surface area contributed by atoms with Gasteiger partial charge in [-0.1, -0.05) is 0 Å². The zero-order chi connectivity index (χ0) is 19.3. The van der Waals surface area contributed by atoms with E-state index in [1.165, 1.54) is 12.1 Å². The first kappa shape index (κ1) is 21.2. The summed E-state index contributed by atoms with van der Waals surface area (Å²) in [6.07, 6.45) is -0.141. The molecule has 142 valence electrons. The lowest BCUT2D eigenvalue weighted by molar-refractivity contribution is 0.0504. The first-order valence-electron chi connectivity index (χ1n) is 7.62. The largest absolute Gasteiger partial charge is 0.489 e. The Morgan fingerprint density at radius 3 is 2.52 bits per heavy atom. The Hall–Kier alpha value is -1.87. The van der Waals surface area contributed by atoms with Gasteiger partial charge in [-0.3, -0.25) is 4.18 Å². The number of alkyl carbamates (subject to hydrolysis) is 1. The summed E-state index contributed by atoms with van der Waals surface area (Å²) in [5.41, 5.74) is -0.365. The normalized spacial score (nSPS) is 13.2. The highest BCUT2D eigenvalue weighted by atomic mass is 32.2. The Labute approximate surface area is 147 Å². The fraction of sp³-hybridized carbons (Fsp3) is 0.562. The number of amides is 1. The van der Waals surface area contributed by atoms with Gasteiger partial charge in [-0.2, -0.15) is 8.42 Å². The second kappa shape index (κ2) is 8.48. The number of nitrogens with one attached hydrogen (secondary N) is 1. The van der Waals surface area contributed by atoms with Crippen LogP contribution in [0, 0.1) is 5.82 Å². The van der Waals surface area contributed by atoms with Crippen LogP contribution in [0.5, 0.6) is 5.75 Å². The minimum atomic E-state index is -3.67. The zero-order valence-electron chi connectivity index (χ0n) is 15.0. The number of carbonyl (C=O) groups is 1. The molecule has 0 heterocycles. The van der Waals surface area contributed by atoms with Crippen molar-refractivity contribution in [3.8, 4) is 5.75 Å². The van der Waals surface area contributed by atoms with Crippen LogP contribution in [0.4, 0.5) is 9.18 Å². The summed E-state index contributed by atoms with van der Waals surface area (Å²) in [6, 6.07) is 3.70. The number of hydrogen-bond acceptors (Lipinski definition) is 6. The number of halogens is 1. The molecule has 9 heteroatoms. The monoisotopic (exact) mass is 377 g/mol. The van der Waals surface area contributed by atoms with E-state index in [2.05, 4.69) is 9.50 Å². The van der Waals surface area contributed by atoms with Crippen molar-refractivity contribution in [3.05, 3.63) is 29.6 Å². The Morgan fingerprint density at radius 2 is 1.96 bits per heavy atom. The molecular weight excluding hydrogens is 353 g/mol. The van der Waals surface area contributed by atoms with Crippen LogP contribution in [0.1, 0.15) is 33.3 Å². The van der Waals surface area contributed by atoms with Crippen LogP contribution in [0.2, 0.25) is 0 Å². The molecule has 0 aliphatic heterocycles. The number of rotatable bonds is 7. The van der Waals surface area contributed by atoms with Crippen molar-refractivity contribution >= 4 is 16.2 Å². The maximum absolute atomic E-state index is 13.4. The highest BCUT2D eigenvalue weighted by molar-refractivity contribution is 7.85. The summed E-state index contributed by atoms with van der Waals surface area (Å²) in [7, 11) is -3.67. The molecule has 0 aliphatic rings. The molecule has 0 aromatic heterocycles. The molecule has 0 fully saturated rings. The third-order valence-corrected chi connectivity index (χ3v) is 3.26. The second-order valence-corrected chi connectivity index (χ2v) is 8.17. The topological polar surface area (TPSA) is 90.9 Å². The Kier molecular flexibility index (Phi) is 7.18. The fourth-order valence-electron chi connectivity index (χ4n) is 1.75. The second-order valence-electron chi connectivity index (χ2n) is 6.53. The lowest BCUT2D eigenvalue weighted by Gasteiger charge is -2.21. The van der Waals surface area contributed by atoms with Crippen molar-refractivity contribution in [2.75, 3.05) is 12.8 Å². The van der Waals surface area contributed by atoms with Crippen LogP contribution >= 0.6 is 0 Å². The SMILES string of the molecule is CC(CNC(=O)OC(C)(C)C)Oc1ccc(F)cc1COS(C)(=O)=O. The van der Waals surface area contributed by atoms with Gasteiger partial charge < -0.3 is 14.8 Å². The van der Waals surface area contributed by atoms with Gasteiger partial charge in [0.25, 0.3) is 10.1 Å². The summed E-state index contributed by atoms with van der Waals surface area (Å²) in [5, 5.41) is 2.56. The van der Waals surface area contributed by atoms with Crippen LogP contribution in [-0.2, 0) is 25.6 Å². The predicted molar refractivity (Wildman–Crippen MR) is 90.4 cm³/mol. The Balaban J connectivity index is 2.67. The van der Waals surface area contributed by atoms with Crippen molar-refractivity contribution in [2.45, 2.75) is 46.0 Å². The van der Waals surface area contributed by atoms with Gasteiger partial charge in [0, 0.05) is 5.56 Å². The minimum Gasteiger partial charge on any atom is -0.489 e. The maximum Gasteiger partial charge on any atom is 0.407 e. The summed E-state index contributed by atoms with van der Waals surface area (Å²) < 4.78 is 51.0. The molecule has 1 rings (SSSR count). The molecule has 0 saturated heterocycles. The molecule has 1 aromatic carbocycles. The van der Waals surface area contributed by atoms with E-state index >= 15 is 0 Å². The van der Waals surface area contributed by atoms with Gasteiger partial charge in [0.2, 0.25) is 0 Å². The molecule has 0 spiro atoms. The molecule has 1 unspecified atom stereocenters. The molecule has 1 N–H and O–H groups in total. The summed E-state index contributed by atoms with van der Waals surface area (Å²) >= 11 is 0. The standard InChI is InChI=1S/C16H24FNO6S/c1-11(9-18-15(19)24-16(2,3)4)23-14-7-6-13(17)8-12(14)10-22-25(5,20)21/h6-8,11H,9-10H2,1-5H3,(H,18,19). The first-order chi connectivity index (χ1) is 11.4. The zero-order valence-corrected chi connectivity index (χ0v) is 15.8. The highest BCUT2D eigenvalue weighted by Gasteiger charge is 2.17. The summed E-state index contributed by atoms with van der Waals surface area (Å²) in [5.74, 6) is -0.275. The number of carbonyl (C=O) groups excluding carboxylic acids is 1. The van der Waals surface area contributed by atoms with Crippen LogP contribution in [0.25, 0.3) is 0 Å². The van der Waals surface area contributed by atoms with Crippen molar-refractivity contribution in [3.63, 3.8) is 0 Å². The van der Waals surface area contributed by atoms with E-state index in [0.717, 1.165) is 12.3 Å². The molecule has 25 heavy (non-hydrogen) atoms. The van der Waals surface area contributed by atoms with Crippen LogP contribution < -0.4 is 10.1 Å². The molecule has 0 radical (unpaired) electrons. The van der Waals surface area contributed by atoms with Crippen LogP contribution in [0.3, 0.4) is 0 Å². The Bertz CT molecular complexity index is 699. The van der Waals surface area contributed by atoms with Gasteiger partial charge in [-0.15, -0.1) is 0 Å². The average molecular weight is 377 g/mol. The van der Waals surface area contributed by atoms with Gasteiger partial charge in [-0.05, 0) is 45.9 Å². The fourth-order valence-corrected chi connectivity index (χ4v) is 2.09. The Morgan fingerprint density at radius 1 is 1.32 bits per heavy atom. The molecular formula is C16H24FNO6S. The number of ether oxygens (including phenoxy) is 2. The molecule has 0 bridgehead atoms. The number of benzene rings is 1. The molecule has 1 aromatic rings. The van der Waals surface area contributed by atoms with Gasteiger partial charge in [-0.25, -0.2) is 9.18 Å². The van der Waals surface area contributed by atoms with Gasteiger partial charge >= 0.3 is 6.09 Å². The molecule has 0 saturated carbocycles. The molecule has 0 aliphatic carbocycles. The quantitative estimate of drug-likeness (QED) is 0.735. The van der Waals surface area contributed by atoms with E-state index < -0.39 is 33.7 Å². The van der Waals surface area contributed by atoms with E-state index in [1.807, 2.05) is 0 Å². The van der Waals surface area contributed by atoms with Crippen molar-refractivity contribution in [2.24, 2.45) is 0 Å². The minimum absolute atomic E-state index is 0.151. The first-order valence-corrected chi connectivity index (χ1v) is 9.44. The molecule has 7 nitrogen and oxygen atoms in total. The van der Waals surface area contributed by atoms with Crippen molar-refractivity contribution in [1.82, 2.24) is 5.32 Å². The molecule has 1 amide bonds. The van der Waals surface area contributed by atoms with Crippen molar-refractivity contribution in [1.29, 1.82) is 0 Å². The van der Waals surface area contributed by atoms with Gasteiger partial charge in [0.05, 0.1) is 19.4 Å². The molecule has 1 atom stereocenters. The third kappa shape index (κ3) is 9.25. The summed E-state index contributed by atoms with van der Waals surface area (Å²) in [6.45, 7) is 6.75. The highest BCUT2D eigenvalue weighted by Crippen LogP contribution is 2.22. The third-order valence-electron chi connectivity index (χ3n) is 2.71. The van der Waals surface area contributed by atoms with E-state index in [0.29, 0.717) is 0 Å². The predicted octanol–water partition coefficient (Wildman–Crippen LogP) is 2.59. The average Bonchev–Trinajstić information content (AvgIpc) is 2.43. The number of hydrogen-bond donors (Lipinski definition) is 1. The van der Waals surface area contributed by atoms with E-state index in [4.69, 9.17) is 9.47 Å². The van der Waals surface area contributed by atoms with Gasteiger partial charge in [0.15, 0.2) is 0 Å². The van der Waals surface area contributed by atoms with Crippen LogP contribution in [0.15, 0.2) is 18.2 Å². The van der Waals surface area contributed by atoms with Crippen LogP contribution in [-0.4, -0.2) is 39.0 Å². The lowest BCUT2D eigenvalue weighted by atomic mass is 10.2. The maximum atomic E-state index is 13.4. The van der Waals surface area contributed by atoms with Gasteiger partial charge in [0.1, 0.15) is 23.3 Å². The lowest BCUT2D eigenvalue weighted by Crippen LogP contribution is -2.37. The smallest absolute Gasteiger partial charge is 0.407 e.